The number of carbonyl (C=O) groups excluding carboxylic acids is 1. The van der Waals surface area contributed by atoms with Crippen molar-refractivity contribution in [3.05, 3.63) is 0 Å². The SMILES string of the molecule is CCOC(=O)C(CN(C)CC1CCOCC1)(NC)C1CC1. The minimum atomic E-state index is -0.532. The van der Waals surface area contributed by atoms with Gasteiger partial charge in [-0.15, -0.1) is 0 Å². The van der Waals surface area contributed by atoms with Gasteiger partial charge in [-0.2, -0.15) is 0 Å². The van der Waals surface area contributed by atoms with Crippen LogP contribution in [-0.2, 0) is 14.3 Å². The Hall–Kier alpha value is -0.650. The van der Waals surface area contributed by atoms with Gasteiger partial charge in [-0.3, -0.25) is 0 Å². The summed E-state index contributed by atoms with van der Waals surface area (Å²) in [6.07, 6.45) is 4.48. The summed E-state index contributed by atoms with van der Waals surface area (Å²) in [6.45, 7) is 5.81. The Kier molecular flexibility index (Phi) is 6.02. The third kappa shape index (κ3) is 4.18. The third-order valence-corrected chi connectivity index (χ3v) is 4.79. The molecule has 5 heteroatoms. The Labute approximate surface area is 128 Å². The molecule has 0 radical (unpaired) electrons. The molecule has 122 valence electrons. The Morgan fingerprint density at radius 2 is 2.00 bits per heavy atom. The number of hydrogen-bond donors (Lipinski definition) is 1. The molecular formula is C16H30N2O3. The predicted molar refractivity (Wildman–Crippen MR) is 82.2 cm³/mol. The second-order valence-electron chi connectivity index (χ2n) is 6.47. The van der Waals surface area contributed by atoms with Gasteiger partial charge < -0.3 is 19.7 Å². The third-order valence-electron chi connectivity index (χ3n) is 4.79. The summed E-state index contributed by atoms with van der Waals surface area (Å²) in [5.74, 6) is 1.01. The zero-order chi connectivity index (χ0) is 15.3. The van der Waals surface area contributed by atoms with Gasteiger partial charge in [0.25, 0.3) is 0 Å². The van der Waals surface area contributed by atoms with Crippen molar-refractivity contribution >= 4 is 5.97 Å². The normalized spacial score (nSPS) is 23.0. The standard InChI is InChI=1S/C16H30N2O3/c1-4-21-15(19)16(17-2,14-5-6-14)12-18(3)11-13-7-9-20-10-8-13/h13-14,17H,4-12H2,1-3H3. The lowest BCUT2D eigenvalue weighted by Crippen LogP contribution is -2.60. The number of nitrogens with one attached hydrogen (secondary N) is 1. The van der Waals surface area contributed by atoms with Crippen molar-refractivity contribution in [2.75, 3.05) is 47.0 Å². The highest BCUT2D eigenvalue weighted by atomic mass is 16.5. The van der Waals surface area contributed by atoms with Crippen LogP contribution in [-0.4, -0.2) is 63.4 Å². The van der Waals surface area contributed by atoms with E-state index in [9.17, 15) is 4.79 Å². The lowest BCUT2D eigenvalue weighted by Gasteiger charge is -2.36. The molecule has 1 N–H and O–H groups in total. The molecule has 2 fully saturated rings. The van der Waals surface area contributed by atoms with Crippen LogP contribution in [0, 0.1) is 11.8 Å². The molecule has 0 spiro atoms. The van der Waals surface area contributed by atoms with Crippen molar-refractivity contribution in [1.29, 1.82) is 0 Å². The fraction of sp³-hybridized carbons (Fsp3) is 0.938. The Morgan fingerprint density at radius 1 is 1.33 bits per heavy atom. The topological polar surface area (TPSA) is 50.8 Å². The fourth-order valence-corrected chi connectivity index (χ4v) is 3.44. The van der Waals surface area contributed by atoms with Crippen molar-refractivity contribution in [3.63, 3.8) is 0 Å². The smallest absolute Gasteiger partial charge is 0.327 e. The van der Waals surface area contributed by atoms with Crippen LogP contribution in [0.3, 0.4) is 0 Å². The van der Waals surface area contributed by atoms with E-state index in [1.54, 1.807) is 0 Å². The largest absolute Gasteiger partial charge is 0.465 e. The van der Waals surface area contributed by atoms with Crippen molar-refractivity contribution in [3.8, 4) is 0 Å². The zero-order valence-corrected chi connectivity index (χ0v) is 13.7. The van der Waals surface area contributed by atoms with Crippen LogP contribution in [0.4, 0.5) is 0 Å². The summed E-state index contributed by atoms with van der Waals surface area (Å²) < 4.78 is 10.8. The first kappa shape index (κ1) is 16.7. The van der Waals surface area contributed by atoms with Gasteiger partial charge in [0.1, 0.15) is 5.54 Å². The van der Waals surface area contributed by atoms with Crippen LogP contribution in [0.15, 0.2) is 0 Å². The first-order chi connectivity index (χ1) is 10.1. The molecule has 1 saturated carbocycles. The second-order valence-corrected chi connectivity index (χ2v) is 6.47. The maximum absolute atomic E-state index is 12.5. The monoisotopic (exact) mass is 298 g/mol. The van der Waals surface area contributed by atoms with Gasteiger partial charge in [-0.25, -0.2) is 4.79 Å². The molecule has 5 nitrogen and oxygen atoms in total. The van der Waals surface area contributed by atoms with E-state index >= 15 is 0 Å². The number of nitrogens with zero attached hydrogens (tertiary/aromatic N) is 1. The summed E-state index contributed by atoms with van der Waals surface area (Å²) >= 11 is 0. The second kappa shape index (κ2) is 7.56. The number of likely N-dealkylation sites (N-methyl/N-ethyl adjacent to an activating group) is 2. The van der Waals surface area contributed by atoms with Gasteiger partial charge in [0.05, 0.1) is 6.61 Å². The molecule has 1 atom stereocenters. The van der Waals surface area contributed by atoms with Gasteiger partial charge in [0, 0.05) is 26.3 Å². The molecule has 0 amide bonds. The van der Waals surface area contributed by atoms with Gasteiger partial charge in [-0.05, 0) is 58.5 Å². The molecule has 0 aromatic rings. The summed E-state index contributed by atoms with van der Waals surface area (Å²) in [4.78, 5) is 14.8. The van der Waals surface area contributed by atoms with Crippen LogP contribution in [0.1, 0.15) is 32.6 Å². The van der Waals surface area contributed by atoms with E-state index in [1.165, 1.54) is 0 Å². The summed E-state index contributed by atoms with van der Waals surface area (Å²) in [7, 11) is 4.00. The van der Waals surface area contributed by atoms with Gasteiger partial charge in [0.2, 0.25) is 0 Å². The van der Waals surface area contributed by atoms with E-state index in [0.29, 0.717) is 18.4 Å². The highest BCUT2D eigenvalue weighted by Crippen LogP contribution is 2.41. The van der Waals surface area contributed by atoms with Crippen LogP contribution in [0.5, 0.6) is 0 Å². The van der Waals surface area contributed by atoms with E-state index in [0.717, 1.165) is 52.0 Å². The van der Waals surface area contributed by atoms with Crippen LogP contribution in [0.2, 0.25) is 0 Å². The Morgan fingerprint density at radius 3 is 2.52 bits per heavy atom. The van der Waals surface area contributed by atoms with Crippen LogP contribution < -0.4 is 5.32 Å². The molecule has 1 aliphatic carbocycles. The number of ether oxygens (including phenoxy) is 2. The molecule has 0 aromatic carbocycles. The minimum absolute atomic E-state index is 0.0890. The molecule has 1 saturated heterocycles. The fourth-order valence-electron chi connectivity index (χ4n) is 3.44. The molecule has 2 rings (SSSR count). The number of hydrogen-bond acceptors (Lipinski definition) is 5. The predicted octanol–water partition coefficient (Wildman–Crippen LogP) is 1.28. The summed E-state index contributed by atoms with van der Waals surface area (Å²) in [6, 6.07) is 0. The Bertz CT molecular complexity index is 340. The molecule has 1 unspecified atom stereocenters. The first-order valence-electron chi connectivity index (χ1n) is 8.24. The van der Waals surface area contributed by atoms with Gasteiger partial charge in [-0.1, -0.05) is 0 Å². The molecule has 21 heavy (non-hydrogen) atoms. The van der Waals surface area contributed by atoms with Crippen LogP contribution in [0.25, 0.3) is 0 Å². The molecule has 0 aromatic heterocycles. The average molecular weight is 298 g/mol. The molecule has 0 bridgehead atoms. The number of carbonyl (C=O) groups is 1. The zero-order valence-electron chi connectivity index (χ0n) is 13.7. The van der Waals surface area contributed by atoms with E-state index in [-0.39, 0.29) is 5.97 Å². The quantitative estimate of drug-likeness (QED) is 0.684. The molecule has 1 heterocycles. The van der Waals surface area contributed by atoms with Crippen molar-refractivity contribution in [1.82, 2.24) is 10.2 Å². The number of esters is 1. The Balaban J connectivity index is 1.95. The molecule has 1 aliphatic heterocycles. The van der Waals surface area contributed by atoms with Crippen LogP contribution >= 0.6 is 0 Å². The average Bonchev–Trinajstić information content (AvgIpc) is 3.31. The van der Waals surface area contributed by atoms with E-state index in [4.69, 9.17) is 9.47 Å². The van der Waals surface area contributed by atoms with E-state index in [2.05, 4.69) is 17.3 Å². The lowest BCUT2D eigenvalue weighted by molar-refractivity contribution is -0.153. The maximum atomic E-state index is 12.5. The first-order valence-corrected chi connectivity index (χ1v) is 8.24. The van der Waals surface area contributed by atoms with Gasteiger partial charge in [0.15, 0.2) is 0 Å². The van der Waals surface area contributed by atoms with Crippen molar-refractivity contribution in [2.45, 2.75) is 38.1 Å². The highest BCUT2D eigenvalue weighted by Gasteiger charge is 2.51. The van der Waals surface area contributed by atoms with E-state index < -0.39 is 5.54 Å². The van der Waals surface area contributed by atoms with E-state index in [1.807, 2.05) is 14.0 Å². The molecule has 2 aliphatic rings. The van der Waals surface area contributed by atoms with Crippen molar-refractivity contribution < 1.29 is 14.3 Å². The highest BCUT2D eigenvalue weighted by molar-refractivity contribution is 5.82. The summed E-state index contributed by atoms with van der Waals surface area (Å²) in [5.41, 5.74) is -0.532. The minimum Gasteiger partial charge on any atom is -0.465 e. The van der Waals surface area contributed by atoms with Gasteiger partial charge >= 0.3 is 5.97 Å². The number of rotatable bonds is 8. The summed E-state index contributed by atoms with van der Waals surface area (Å²) in [5, 5.41) is 3.29. The molecular weight excluding hydrogens is 268 g/mol. The maximum Gasteiger partial charge on any atom is 0.327 e. The lowest BCUT2D eigenvalue weighted by atomic mass is 9.91. The van der Waals surface area contributed by atoms with Crippen molar-refractivity contribution in [2.24, 2.45) is 11.8 Å².